The molecule has 0 radical (unpaired) electrons. The molecule has 6 heteroatoms. The second kappa shape index (κ2) is 8.73. The maximum absolute atomic E-state index is 10.8. The zero-order valence-electron chi connectivity index (χ0n) is 14.5. The van der Waals surface area contributed by atoms with Gasteiger partial charge < -0.3 is 14.2 Å². The van der Waals surface area contributed by atoms with Gasteiger partial charge in [-0.3, -0.25) is 10.1 Å². The van der Waals surface area contributed by atoms with Crippen molar-refractivity contribution in [2.45, 2.75) is 13.8 Å². The molecular weight excluding hydrogens is 322 g/mol. The summed E-state index contributed by atoms with van der Waals surface area (Å²) in [5, 5.41) is 10.8. The van der Waals surface area contributed by atoms with E-state index in [-0.39, 0.29) is 12.3 Å². The molecule has 0 saturated carbocycles. The van der Waals surface area contributed by atoms with Gasteiger partial charge >= 0.3 is 0 Å². The third-order valence-electron chi connectivity index (χ3n) is 3.61. The van der Waals surface area contributed by atoms with Gasteiger partial charge in [-0.1, -0.05) is 18.2 Å². The summed E-state index contributed by atoms with van der Waals surface area (Å²) in [5.41, 5.74) is 1.88. The Morgan fingerprint density at radius 3 is 2.60 bits per heavy atom. The van der Waals surface area contributed by atoms with Gasteiger partial charge in [0.2, 0.25) is 0 Å². The van der Waals surface area contributed by atoms with Gasteiger partial charge in [-0.2, -0.15) is 0 Å². The van der Waals surface area contributed by atoms with E-state index >= 15 is 0 Å². The van der Waals surface area contributed by atoms with E-state index in [1.807, 2.05) is 38.1 Å². The van der Waals surface area contributed by atoms with Crippen LogP contribution in [0.4, 0.5) is 5.69 Å². The van der Waals surface area contributed by atoms with Gasteiger partial charge in [-0.15, -0.1) is 0 Å². The molecule has 0 saturated heterocycles. The summed E-state index contributed by atoms with van der Waals surface area (Å²) >= 11 is 0. The van der Waals surface area contributed by atoms with Crippen LogP contribution in [0.15, 0.2) is 48.5 Å². The molecule has 6 nitrogen and oxygen atoms in total. The standard InChI is InChI=1S/C19H21NO5/c1-4-14(13-25-17-8-6-7-16(12-17)20(21)22)15-9-10-18(23-3)19(11-15)24-5-2/h4,6-12H,5,13H2,1-3H3/b14-4+. The van der Waals surface area contributed by atoms with E-state index in [0.717, 1.165) is 11.1 Å². The number of nitrogens with zero attached hydrogens (tertiary/aromatic N) is 1. The first-order valence-corrected chi connectivity index (χ1v) is 7.92. The van der Waals surface area contributed by atoms with Crippen LogP contribution in [-0.2, 0) is 0 Å². The zero-order valence-corrected chi connectivity index (χ0v) is 14.5. The number of hydrogen-bond donors (Lipinski definition) is 0. The molecule has 0 aliphatic heterocycles. The Kier molecular flexibility index (Phi) is 6.39. The topological polar surface area (TPSA) is 70.8 Å². The first kappa shape index (κ1) is 18.3. The number of ether oxygens (including phenoxy) is 3. The predicted octanol–water partition coefficient (Wildman–Crippen LogP) is 4.48. The fraction of sp³-hybridized carbons (Fsp3) is 0.263. The van der Waals surface area contributed by atoms with Crippen LogP contribution < -0.4 is 14.2 Å². The van der Waals surface area contributed by atoms with E-state index in [1.54, 1.807) is 19.2 Å². The highest BCUT2D eigenvalue weighted by atomic mass is 16.6. The lowest BCUT2D eigenvalue weighted by molar-refractivity contribution is -0.384. The van der Waals surface area contributed by atoms with E-state index in [9.17, 15) is 10.1 Å². The van der Waals surface area contributed by atoms with E-state index < -0.39 is 4.92 Å². The van der Waals surface area contributed by atoms with Crippen molar-refractivity contribution >= 4 is 11.3 Å². The fourth-order valence-corrected chi connectivity index (χ4v) is 2.33. The summed E-state index contributed by atoms with van der Waals surface area (Å²) in [5.74, 6) is 1.78. The minimum atomic E-state index is -0.443. The zero-order chi connectivity index (χ0) is 18.2. The Hall–Kier alpha value is -3.02. The van der Waals surface area contributed by atoms with Gasteiger partial charge in [0.15, 0.2) is 11.5 Å². The summed E-state index contributed by atoms with van der Waals surface area (Å²) in [4.78, 5) is 10.4. The second-order valence-electron chi connectivity index (χ2n) is 5.16. The van der Waals surface area contributed by atoms with Crippen molar-refractivity contribution in [3.8, 4) is 17.2 Å². The fourth-order valence-electron chi connectivity index (χ4n) is 2.33. The number of benzene rings is 2. The first-order valence-electron chi connectivity index (χ1n) is 7.92. The lowest BCUT2D eigenvalue weighted by atomic mass is 10.1. The molecule has 0 aliphatic carbocycles. The van der Waals surface area contributed by atoms with Crippen LogP contribution in [0.3, 0.4) is 0 Å². The smallest absolute Gasteiger partial charge is 0.273 e. The first-order chi connectivity index (χ1) is 12.1. The molecule has 0 amide bonds. The number of hydrogen-bond acceptors (Lipinski definition) is 5. The summed E-state index contributed by atoms with van der Waals surface area (Å²) in [6.45, 7) is 4.65. The van der Waals surface area contributed by atoms with E-state index in [4.69, 9.17) is 14.2 Å². The van der Waals surface area contributed by atoms with Crippen LogP contribution in [0.25, 0.3) is 5.57 Å². The van der Waals surface area contributed by atoms with Crippen molar-refractivity contribution in [2.75, 3.05) is 20.3 Å². The van der Waals surface area contributed by atoms with Gasteiger partial charge in [-0.25, -0.2) is 0 Å². The van der Waals surface area contributed by atoms with Gasteiger partial charge in [0, 0.05) is 6.07 Å². The van der Waals surface area contributed by atoms with E-state index in [2.05, 4.69) is 0 Å². The monoisotopic (exact) mass is 343 g/mol. The molecule has 0 aromatic heterocycles. The molecule has 2 aromatic carbocycles. The number of nitro benzene ring substituents is 1. The van der Waals surface area contributed by atoms with Crippen LogP contribution in [0.1, 0.15) is 19.4 Å². The molecule has 0 N–H and O–H groups in total. The van der Waals surface area contributed by atoms with Crippen molar-refractivity contribution in [3.05, 3.63) is 64.2 Å². The van der Waals surface area contributed by atoms with E-state index in [0.29, 0.717) is 23.9 Å². The average Bonchev–Trinajstić information content (AvgIpc) is 2.63. The highest BCUT2D eigenvalue weighted by Gasteiger charge is 2.10. The van der Waals surface area contributed by atoms with Crippen molar-refractivity contribution < 1.29 is 19.1 Å². The Morgan fingerprint density at radius 2 is 1.96 bits per heavy atom. The summed E-state index contributed by atoms with van der Waals surface area (Å²) in [7, 11) is 1.60. The number of nitro groups is 1. The molecule has 0 aliphatic rings. The number of allylic oxidation sites excluding steroid dienone is 1. The quantitative estimate of drug-likeness (QED) is 0.522. The molecule has 0 fully saturated rings. The van der Waals surface area contributed by atoms with Gasteiger partial charge in [-0.05, 0) is 43.2 Å². The minimum Gasteiger partial charge on any atom is -0.493 e. The molecule has 0 bridgehead atoms. The Labute approximate surface area is 146 Å². The SMILES string of the molecule is C/C=C(\COc1cccc([N+](=O)[O-])c1)c1ccc(OC)c(OCC)c1. The summed E-state index contributed by atoms with van der Waals surface area (Å²) in [6, 6.07) is 11.8. The second-order valence-corrected chi connectivity index (χ2v) is 5.16. The Balaban J connectivity index is 2.16. The molecule has 2 rings (SSSR count). The molecular formula is C19H21NO5. The summed E-state index contributed by atoms with van der Waals surface area (Å²) in [6.07, 6.45) is 1.94. The van der Waals surface area contributed by atoms with Crippen LogP contribution >= 0.6 is 0 Å². The molecule has 25 heavy (non-hydrogen) atoms. The Bertz CT molecular complexity index is 770. The van der Waals surface area contributed by atoms with Crippen LogP contribution in [0.5, 0.6) is 17.2 Å². The number of rotatable bonds is 8. The maximum atomic E-state index is 10.8. The highest BCUT2D eigenvalue weighted by molar-refractivity contribution is 5.69. The molecule has 2 aromatic rings. The third kappa shape index (κ3) is 4.73. The maximum Gasteiger partial charge on any atom is 0.273 e. The lowest BCUT2D eigenvalue weighted by Gasteiger charge is -2.14. The Morgan fingerprint density at radius 1 is 1.16 bits per heavy atom. The van der Waals surface area contributed by atoms with Gasteiger partial charge in [0.05, 0.1) is 24.7 Å². The van der Waals surface area contributed by atoms with Crippen molar-refractivity contribution in [2.24, 2.45) is 0 Å². The van der Waals surface area contributed by atoms with Crippen molar-refractivity contribution in [1.82, 2.24) is 0 Å². The highest BCUT2D eigenvalue weighted by Crippen LogP contribution is 2.31. The third-order valence-corrected chi connectivity index (χ3v) is 3.61. The largest absolute Gasteiger partial charge is 0.493 e. The minimum absolute atomic E-state index is 0.00241. The van der Waals surface area contributed by atoms with E-state index in [1.165, 1.54) is 12.1 Å². The van der Waals surface area contributed by atoms with Crippen LogP contribution in [0.2, 0.25) is 0 Å². The molecule has 0 heterocycles. The normalized spacial score (nSPS) is 11.1. The number of non-ortho nitro benzene ring substituents is 1. The predicted molar refractivity (Wildman–Crippen MR) is 96.4 cm³/mol. The van der Waals surface area contributed by atoms with Gasteiger partial charge in [0.1, 0.15) is 12.4 Å². The van der Waals surface area contributed by atoms with Crippen molar-refractivity contribution in [3.63, 3.8) is 0 Å². The van der Waals surface area contributed by atoms with Crippen LogP contribution in [-0.4, -0.2) is 25.2 Å². The molecule has 0 unspecified atom stereocenters. The summed E-state index contributed by atoms with van der Waals surface area (Å²) < 4.78 is 16.6. The number of methoxy groups -OCH3 is 1. The molecule has 0 spiro atoms. The lowest BCUT2D eigenvalue weighted by Crippen LogP contribution is -2.02. The van der Waals surface area contributed by atoms with Gasteiger partial charge in [0.25, 0.3) is 5.69 Å². The van der Waals surface area contributed by atoms with Crippen molar-refractivity contribution in [1.29, 1.82) is 0 Å². The molecule has 132 valence electrons. The molecule has 0 atom stereocenters. The van der Waals surface area contributed by atoms with Crippen LogP contribution in [0, 0.1) is 10.1 Å². The average molecular weight is 343 g/mol.